The minimum Gasteiger partial charge on any atom is -0.383 e. The molecule has 25 heavy (non-hydrogen) atoms. The smallest absolute Gasteiger partial charge is 0.251 e. The van der Waals surface area contributed by atoms with Gasteiger partial charge in [-0.15, -0.1) is 0 Å². The summed E-state index contributed by atoms with van der Waals surface area (Å²) in [7, 11) is 0. The molecule has 2 aromatic rings. The Morgan fingerprint density at radius 2 is 1.76 bits per heavy atom. The number of halogens is 1. The quantitative estimate of drug-likeness (QED) is 0.860. The van der Waals surface area contributed by atoms with E-state index in [0.29, 0.717) is 23.8 Å². The van der Waals surface area contributed by atoms with Gasteiger partial charge in [-0.1, -0.05) is 41.9 Å². The van der Waals surface area contributed by atoms with Gasteiger partial charge >= 0.3 is 0 Å². The first-order valence-corrected chi connectivity index (χ1v) is 8.87. The second-order valence-electron chi connectivity index (χ2n) is 6.37. The molecule has 0 aromatic heterocycles. The number of hydrogen-bond donors (Lipinski definition) is 2. The van der Waals surface area contributed by atoms with Crippen LogP contribution in [0.5, 0.6) is 0 Å². The number of ether oxygens (including phenoxy) is 1. The lowest BCUT2D eigenvalue weighted by Crippen LogP contribution is -2.47. The number of nitrogens with one attached hydrogen (secondary N) is 1. The molecule has 1 atom stereocenters. The molecule has 4 nitrogen and oxygen atoms in total. The zero-order valence-corrected chi connectivity index (χ0v) is 14.7. The maximum absolute atomic E-state index is 12.4. The number of carbonyl (C=O) groups excluding carboxylic acids is 1. The van der Waals surface area contributed by atoms with Gasteiger partial charge in [0.05, 0.1) is 6.54 Å². The predicted octanol–water partition coefficient (Wildman–Crippen LogP) is 3.38. The van der Waals surface area contributed by atoms with E-state index in [9.17, 15) is 9.90 Å². The summed E-state index contributed by atoms with van der Waals surface area (Å²) >= 11 is 5.86. The average molecular weight is 360 g/mol. The first kappa shape index (κ1) is 17.9. The number of benzene rings is 2. The van der Waals surface area contributed by atoms with Gasteiger partial charge in [-0.25, -0.2) is 0 Å². The molecular formula is C20H22ClNO3. The first-order valence-electron chi connectivity index (χ1n) is 8.49. The van der Waals surface area contributed by atoms with Crippen LogP contribution in [-0.2, 0) is 10.3 Å². The zero-order valence-electron chi connectivity index (χ0n) is 14.0. The van der Waals surface area contributed by atoms with Crippen LogP contribution in [0, 0.1) is 5.92 Å². The van der Waals surface area contributed by atoms with Crippen molar-refractivity contribution in [2.75, 3.05) is 19.8 Å². The Morgan fingerprint density at radius 3 is 2.40 bits per heavy atom. The Hall–Kier alpha value is -1.88. The SMILES string of the molecule is O=C(NCC(O)(c1ccccc1)C1CCOCC1)c1ccc(Cl)cc1. The first-order chi connectivity index (χ1) is 12.1. The molecule has 0 spiro atoms. The highest BCUT2D eigenvalue weighted by atomic mass is 35.5. The van der Waals surface area contributed by atoms with Crippen LogP contribution < -0.4 is 5.32 Å². The normalized spacial score (nSPS) is 17.7. The van der Waals surface area contributed by atoms with Crippen LogP contribution in [0.3, 0.4) is 0 Å². The fourth-order valence-corrected chi connectivity index (χ4v) is 3.43. The highest BCUT2D eigenvalue weighted by Crippen LogP contribution is 2.35. The molecule has 1 heterocycles. The summed E-state index contributed by atoms with van der Waals surface area (Å²) in [5.74, 6) is -0.188. The molecular weight excluding hydrogens is 338 g/mol. The fraction of sp³-hybridized carbons (Fsp3) is 0.350. The third-order valence-corrected chi connectivity index (χ3v) is 5.05. The third kappa shape index (κ3) is 4.21. The Morgan fingerprint density at radius 1 is 1.12 bits per heavy atom. The Labute approximate surface area is 152 Å². The summed E-state index contributed by atoms with van der Waals surface area (Å²) in [4.78, 5) is 12.4. The van der Waals surface area contributed by atoms with E-state index < -0.39 is 5.60 Å². The minimum absolute atomic E-state index is 0.0363. The number of hydrogen-bond acceptors (Lipinski definition) is 3. The molecule has 2 aromatic carbocycles. The summed E-state index contributed by atoms with van der Waals surface area (Å²) in [5, 5.41) is 14.9. The van der Waals surface area contributed by atoms with E-state index in [-0.39, 0.29) is 18.4 Å². The van der Waals surface area contributed by atoms with Crippen molar-refractivity contribution in [1.29, 1.82) is 0 Å². The maximum Gasteiger partial charge on any atom is 0.251 e. The second kappa shape index (κ2) is 8.00. The van der Waals surface area contributed by atoms with E-state index in [0.717, 1.165) is 18.4 Å². The van der Waals surface area contributed by atoms with E-state index in [2.05, 4.69) is 5.32 Å². The van der Waals surface area contributed by atoms with Crippen LogP contribution in [0.4, 0.5) is 0 Å². The molecule has 0 saturated carbocycles. The second-order valence-corrected chi connectivity index (χ2v) is 6.80. The van der Waals surface area contributed by atoms with Crippen molar-refractivity contribution in [1.82, 2.24) is 5.32 Å². The van der Waals surface area contributed by atoms with E-state index in [1.807, 2.05) is 30.3 Å². The Balaban J connectivity index is 1.78. The van der Waals surface area contributed by atoms with Crippen LogP contribution >= 0.6 is 11.6 Å². The molecule has 1 saturated heterocycles. The largest absolute Gasteiger partial charge is 0.383 e. The van der Waals surface area contributed by atoms with Gasteiger partial charge in [0, 0.05) is 23.8 Å². The van der Waals surface area contributed by atoms with Gasteiger partial charge in [-0.3, -0.25) is 4.79 Å². The molecule has 132 valence electrons. The summed E-state index contributed by atoms with van der Waals surface area (Å²) in [5.41, 5.74) is 0.220. The van der Waals surface area contributed by atoms with Gasteiger partial charge in [-0.2, -0.15) is 0 Å². The van der Waals surface area contributed by atoms with Crippen LogP contribution in [0.15, 0.2) is 54.6 Å². The lowest BCUT2D eigenvalue weighted by molar-refractivity contribution is -0.0680. The molecule has 0 radical (unpaired) electrons. The van der Waals surface area contributed by atoms with Crippen molar-refractivity contribution >= 4 is 17.5 Å². The molecule has 3 rings (SSSR count). The number of aliphatic hydroxyl groups is 1. The Bertz CT molecular complexity index is 699. The van der Waals surface area contributed by atoms with Gasteiger partial charge in [0.1, 0.15) is 5.60 Å². The molecule has 0 bridgehead atoms. The highest BCUT2D eigenvalue weighted by Gasteiger charge is 2.39. The zero-order chi connectivity index (χ0) is 17.7. The fourth-order valence-electron chi connectivity index (χ4n) is 3.30. The maximum atomic E-state index is 12.4. The number of amides is 1. The standard InChI is InChI=1S/C20H22ClNO3/c21-18-8-6-15(7-9-18)19(23)22-14-20(24,16-4-2-1-3-5-16)17-10-12-25-13-11-17/h1-9,17,24H,10-14H2,(H,22,23). The average Bonchev–Trinajstić information content (AvgIpc) is 2.68. The van der Waals surface area contributed by atoms with Crippen molar-refractivity contribution < 1.29 is 14.6 Å². The molecule has 1 fully saturated rings. The van der Waals surface area contributed by atoms with Crippen LogP contribution in [0.1, 0.15) is 28.8 Å². The van der Waals surface area contributed by atoms with Crippen LogP contribution in [0.25, 0.3) is 0 Å². The molecule has 1 unspecified atom stereocenters. The van der Waals surface area contributed by atoms with Gasteiger partial charge in [0.15, 0.2) is 0 Å². The lowest BCUT2D eigenvalue weighted by atomic mass is 9.77. The van der Waals surface area contributed by atoms with Gasteiger partial charge in [0.2, 0.25) is 0 Å². The van der Waals surface area contributed by atoms with Crippen molar-refractivity contribution in [2.24, 2.45) is 5.92 Å². The molecule has 5 heteroatoms. The molecule has 1 amide bonds. The lowest BCUT2D eigenvalue weighted by Gasteiger charge is -2.39. The highest BCUT2D eigenvalue weighted by molar-refractivity contribution is 6.30. The molecule has 1 aliphatic heterocycles. The van der Waals surface area contributed by atoms with E-state index >= 15 is 0 Å². The van der Waals surface area contributed by atoms with Crippen molar-refractivity contribution in [3.05, 3.63) is 70.7 Å². The molecule has 1 aliphatic rings. The van der Waals surface area contributed by atoms with Gasteiger partial charge in [-0.05, 0) is 48.6 Å². The van der Waals surface area contributed by atoms with Crippen molar-refractivity contribution in [3.8, 4) is 0 Å². The molecule has 0 aliphatic carbocycles. The topological polar surface area (TPSA) is 58.6 Å². The van der Waals surface area contributed by atoms with E-state index in [1.54, 1.807) is 24.3 Å². The third-order valence-electron chi connectivity index (χ3n) is 4.80. The summed E-state index contributed by atoms with van der Waals surface area (Å²) in [6.07, 6.45) is 1.53. The monoisotopic (exact) mass is 359 g/mol. The predicted molar refractivity (Wildman–Crippen MR) is 97.7 cm³/mol. The summed E-state index contributed by atoms with van der Waals surface area (Å²) < 4.78 is 5.43. The number of rotatable bonds is 5. The van der Waals surface area contributed by atoms with Gasteiger partial charge in [0.25, 0.3) is 5.91 Å². The number of carbonyl (C=O) groups is 1. The Kier molecular flexibility index (Phi) is 5.74. The summed E-state index contributed by atoms with van der Waals surface area (Å²) in [6, 6.07) is 16.2. The van der Waals surface area contributed by atoms with Crippen molar-refractivity contribution in [3.63, 3.8) is 0 Å². The van der Waals surface area contributed by atoms with Crippen LogP contribution in [-0.4, -0.2) is 30.8 Å². The minimum atomic E-state index is -1.12. The molecule has 2 N–H and O–H groups in total. The van der Waals surface area contributed by atoms with Gasteiger partial charge < -0.3 is 15.2 Å². The van der Waals surface area contributed by atoms with E-state index in [1.165, 1.54) is 0 Å². The van der Waals surface area contributed by atoms with Crippen LogP contribution in [0.2, 0.25) is 5.02 Å². The van der Waals surface area contributed by atoms with Crippen molar-refractivity contribution in [2.45, 2.75) is 18.4 Å². The summed E-state index contributed by atoms with van der Waals surface area (Å²) in [6.45, 7) is 1.42. The van der Waals surface area contributed by atoms with E-state index in [4.69, 9.17) is 16.3 Å².